The molecule has 1 saturated heterocycles. The van der Waals surface area contributed by atoms with Crippen molar-refractivity contribution in [1.82, 2.24) is 4.90 Å². The van der Waals surface area contributed by atoms with E-state index in [2.05, 4.69) is 14.4 Å². The van der Waals surface area contributed by atoms with Crippen molar-refractivity contribution in [2.24, 2.45) is 28.1 Å². The predicted molar refractivity (Wildman–Crippen MR) is 144 cm³/mol. The van der Waals surface area contributed by atoms with Gasteiger partial charge in [0.2, 0.25) is 15.9 Å². The molecule has 3 saturated carbocycles. The number of benzene rings is 2. The van der Waals surface area contributed by atoms with E-state index < -0.39 is 48.9 Å². The summed E-state index contributed by atoms with van der Waals surface area (Å²) in [7, 11) is -7.97. The molecule has 210 valence electrons. The van der Waals surface area contributed by atoms with Gasteiger partial charge in [-0.05, 0) is 79.8 Å². The Morgan fingerprint density at radius 2 is 1.75 bits per heavy atom. The van der Waals surface area contributed by atoms with E-state index in [-0.39, 0.29) is 52.3 Å². The number of rotatable bonds is 6. The van der Waals surface area contributed by atoms with Crippen molar-refractivity contribution in [3.05, 3.63) is 53.8 Å². The smallest absolute Gasteiger partial charge is 0.286 e. The van der Waals surface area contributed by atoms with Crippen molar-refractivity contribution in [2.75, 3.05) is 10.0 Å². The summed E-state index contributed by atoms with van der Waals surface area (Å²) in [5.41, 5.74) is 0.914. The molecular formula is C27H27FN4O6S2. The zero-order valence-corrected chi connectivity index (χ0v) is 22.9. The number of anilines is 2. The van der Waals surface area contributed by atoms with Crippen LogP contribution in [-0.2, 0) is 36.2 Å². The SMILES string of the molecule is O=C1C(C2=NS(=O)(=O)c3cc(NS(=O)(=O)C4CC4)ccc3N2)C(=O)N(Cc2ccc(F)cc2)C2C1[C@H]1CC[C@@H]2C1. The predicted octanol–water partition coefficient (Wildman–Crippen LogP) is 2.88. The highest BCUT2D eigenvalue weighted by molar-refractivity contribution is 7.93. The Bertz CT molecular complexity index is 1690. The summed E-state index contributed by atoms with van der Waals surface area (Å²) >= 11 is 0. The van der Waals surface area contributed by atoms with Gasteiger partial charge in [-0.3, -0.25) is 14.3 Å². The van der Waals surface area contributed by atoms with Crippen molar-refractivity contribution in [3.63, 3.8) is 0 Å². The molecule has 4 fully saturated rings. The molecule has 0 aromatic heterocycles. The molecule has 2 heterocycles. The quantitative estimate of drug-likeness (QED) is 0.496. The Balaban J connectivity index is 1.23. The summed E-state index contributed by atoms with van der Waals surface area (Å²) in [6.45, 7) is 0.175. The molecule has 40 heavy (non-hydrogen) atoms. The molecule has 0 radical (unpaired) electrons. The molecule has 2 aromatic carbocycles. The van der Waals surface area contributed by atoms with Crippen molar-refractivity contribution in [3.8, 4) is 0 Å². The first-order valence-electron chi connectivity index (χ1n) is 13.4. The van der Waals surface area contributed by atoms with Crippen LogP contribution in [0.15, 0.2) is 51.8 Å². The topological polar surface area (TPSA) is 142 Å². The summed E-state index contributed by atoms with van der Waals surface area (Å²) in [6, 6.07) is 9.58. The number of ketones is 1. The molecule has 2 bridgehead atoms. The average Bonchev–Trinajstić information content (AvgIpc) is 3.58. The molecule has 1 amide bonds. The number of halogens is 1. The molecule has 3 aliphatic carbocycles. The second-order valence-electron chi connectivity index (χ2n) is 11.4. The molecule has 13 heteroatoms. The van der Waals surface area contributed by atoms with E-state index in [1.54, 1.807) is 17.0 Å². The normalized spacial score (nSPS) is 30.4. The van der Waals surface area contributed by atoms with Crippen molar-refractivity contribution < 1.29 is 30.8 Å². The van der Waals surface area contributed by atoms with Gasteiger partial charge >= 0.3 is 0 Å². The fourth-order valence-corrected chi connectivity index (χ4v) is 9.51. The first-order valence-corrected chi connectivity index (χ1v) is 16.4. The zero-order chi connectivity index (χ0) is 28.0. The minimum atomic E-state index is -4.36. The Morgan fingerprint density at radius 1 is 1.02 bits per heavy atom. The standard InChI is InChI=1S/C27H27FN4O6S2/c28-17-5-1-14(2-6-17)13-32-24-16-4-3-15(11-16)22(24)25(33)23(27(32)34)26-29-20-10-7-18(12-21(20)40(37,38)31-26)30-39(35,36)19-8-9-19/h1-2,5-7,10,12,15-16,19,22-24,30H,3-4,8-9,11,13H2,(H,29,31)/t15-,16+,22?,23?,24?/m0/s1. The van der Waals surface area contributed by atoms with Gasteiger partial charge in [-0.25, -0.2) is 12.8 Å². The highest BCUT2D eigenvalue weighted by Crippen LogP contribution is 2.54. The number of nitrogens with zero attached hydrogens (tertiary/aromatic N) is 2. The number of carbonyl (C=O) groups excluding carboxylic acids is 2. The van der Waals surface area contributed by atoms with Gasteiger partial charge in [-0.2, -0.15) is 8.42 Å². The van der Waals surface area contributed by atoms with E-state index in [9.17, 15) is 30.8 Å². The summed E-state index contributed by atoms with van der Waals surface area (Å²) in [4.78, 5) is 29.2. The third-order valence-corrected chi connectivity index (χ3v) is 12.1. The van der Waals surface area contributed by atoms with Crippen LogP contribution in [0.1, 0.15) is 37.7 Å². The van der Waals surface area contributed by atoms with Crippen LogP contribution in [0.4, 0.5) is 15.8 Å². The number of fused-ring (bicyclic) bond motifs is 6. The number of piperidine rings is 1. The van der Waals surface area contributed by atoms with Crippen molar-refractivity contribution in [1.29, 1.82) is 0 Å². The van der Waals surface area contributed by atoms with Crippen LogP contribution in [0.3, 0.4) is 0 Å². The lowest BCUT2D eigenvalue weighted by Gasteiger charge is -2.45. The lowest BCUT2D eigenvalue weighted by Crippen LogP contribution is -2.61. The Labute approximate surface area is 231 Å². The van der Waals surface area contributed by atoms with Crippen LogP contribution in [-0.4, -0.2) is 50.6 Å². The minimum Gasteiger partial charge on any atom is -0.341 e. The molecule has 0 spiro atoms. The highest BCUT2D eigenvalue weighted by atomic mass is 32.2. The summed E-state index contributed by atoms with van der Waals surface area (Å²) < 4.78 is 71.1. The van der Waals surface area contributed by atoms with Crippen LogP contribution in [0.25, 0.3) is 0 Å². The van der Waals surface area contributed by atoms with Gasteiger partial charge in [0.05, 0.1) is 10.9 Å². The van der Waals surface area contributed by atoms with E-state index >= 15 is 0 Å². The van der Waals surface area contributed by atoms with Crippen LogP contribution in [0, 0.1) is 29.5 Å². The number of likely N-dealkylation sites (tertiary alicyclic amines) is 1. The van der Waals surface area contributed by atoms with E-state index in [0.717, 1.165) is 19.3 Å². The molecule has 7 rings (SSSR count). The first kappa shape index (κ1) is 25.6. The molecule has 3 unspecified atom stereocenters. The molecular weight excluding hydrogens is 559 g/mol. The lowest BCUT2D eigenvalue weighted by atomic mass is 9.73. The summed E-state index contributed by atoms with van der Waals surface area (Å²) in [6.07, 6.45) is 3.74. The van der Waals surface area contributed by atoms with Gasteiger partial charge in [0.15, 0.2) is 11.7 Å². The maximum Gasteiger partial charge on any atom is 0.286 e. The summed E-state index contributed by atoms with van der Waals surface area (Å²) in [5.74, 6) is -3.03. The van der Waals surface area contributed by atoms with Crippen LogP contribution in [0.5, 0.6) is 0 Å². The maximum absolute atomic E-state index is 14.0. The third kappa shape index (κ3) is 4.12. The third-order valence-electron chi connectivity index (χ3n) is 8.88. The fourth-order valence-electron chi connectivity index (χ4n) is 6.95. The van der Waals surface area contributed by atoms with Gasteiger partial charge in [0.25, 0.3) is 10.0 Å². The van der Waals surface area contributed by atoms with Gasteiger partial charge in [0, 0.05) is 24.2 Å². The monoisotopic (exact) mass is 586 g/mol. The van der Waals surface area contributed by atoms with Gasteiger partial charge < -0.3 is 10.2 Å². The highest BCUT2D eigenvalue weighted by Gasteiger charge is 2.60. The Kier molecular flexibility index (Phi) is 5.66. The second-order valence-corrected chi connectivity index (χ2v) is 14.9. The van der Waals surface area contributed by atoms with Crippen molar-refractivity contribution >= 4 is 48.9 Å². The zero-order valence-electron chi connectivity index (χ0n) is 21.3. The molecule has 2 aromatic rings. The number of sulfonamides is 2. The number of Topliss-reactive ketones (excluding diaryl/α,β-unsaturated/α-hetero) is 1. The summed E-state index contributed by atoms with van der Waals surface area (Å²) in [5, 5.41) is 2.41. The van der Waals surface area contributed by atoms with Crippen LogP contribution < -0.4 is 10.0 Å². The molecule has 10 nitrogen and oxygen atoms in total. The lowest BCUT2D eigenvalue weighted by molar-refractivity contribution is -0.153. The fraction of sp³-hybridized carbons (Fsp3) is 0.444. The number of amidine groups is 1. The van der Waals surface area contributed by atoms with E-state index in [4.69, 9.17) is 0 Å². The van der Waals surface area contributed by atoms with Gasteiger partial charge in [-0.15, -0.1) is 4.40 Å². The maximum atomic E-state index is 14.0. The number of hydrogen-bond acceptors (Lipinski definition) is 7. The van der Waals surface area contributed by atoms with Gasteiger partial charge in [0.1, 0.15) is 16.5 Å². The Hall–Kier alpha value is -3.32. The van der Waals surface area contributed by atoms with Crippen molar-refractivity contribution in [2.45, 2.75) is 54.8 Å². The van der Waals surface area contributed by atoms with Gasteiger partial charge in [-0.1, -0.05) is 12.1 Å². The van der Waals surface area contributed by atoms with Crippen LogP contribution in [0.2, 0.25) is 0 Å². The molecule has 5 atom stereocenters. The number of carbonyl (C=O) groups is 2. The van der Waals surface area contributed by atoms with E-state index in [1.807, 2.05) is 0 Å². The minimum absolute atomic E-state index is 0.0924. The second kappa shape index (κ2) is 8.84. The number of amides is 1. The largest absolute Gasteiger partial charge is 0.341 e. The molecule has 2 N–H and O–H groups in total. The average molecular weight is 587 g/mol. The number of nitrogens with one attached hydrogen (secondary N) is 2. The van der Waals surface area contributed by atoms with E-state index in [0.29, 0.717) is 18.4 Å². The number of hydrogen-bond donors (Lipinski definition) is 2. The Morgan fingerprint density at radius 3 is 2.48 bits per heavy atom. The molecule has 2 aliphatic heterocycles. The van der Waals surface area contributed by atoms with Crippen LogP contribution >= 0.6 is 0 Å². The first-order chi connectivity index (χ1) is 19.0. The van der Waals surface area contributed by atoms with E-state index in [1.165, 1.54) is 30.3 Å². The molecule has 5 aliphatic rings.